The molecule has 360 valence electrons. The Morgan fingerprint density at radius 3 is 1.20 bits per heavy atom. The highest BCUT2D eigenvalue weighted by Gasteiger charge is 2.30. The van der Waals surface area contributed by atoms with E-state index in [1.54, 1.807) is 0 Å². The summed E-state index contributed by atoms with van der Waals surface area (Å²) in [7, 11) is 0. The molecule has 4 aromatic carbocycles. The van der Waals surface area contributed by atoms with Crippen LogP contribution >= 0.6 is 0 Å². The zero-order valence-electron chi connectivity index (χ0n) is 42.4. The second-order valence-corrected chi connectivity index (χ2v) is 22.3. The third-order valence-electron chi connectivity index (χ3n) is 12.4. The number of fused-ring (bicyclic) bond motifs is 4. The summed E-state index contributed by atoms with van der Waals surface area (Å²) < 4.78 is 44.9. The van der Waals surface area contributed by atoms with E-state index < -0.39 is 12.6 Å². The molecule has 1 aliphatic carbocycles. The van der Waals surface area contributed by atoms with Crippen LogP contribution in [0.4, 0.5) is 0 Å². The van der Waals surface area contributed by atoms with Crippen LogP contribution in [0.3, 0.4) is 0 Å². The first-order chi connectivity index (χ1) is 31.0. The second-order valence-electron chi connectivity index (χ2n) is 22.3. The highest BCUT2D eigenvalue weighted by molar-refractivity contribution is 5.68. The van der Waals surface area contributed by atoms with Crippen molar-refractivity contribution in [1.29, 1.82) is 0 Å². The summed E-state index contributed by atoms with van der Waals surface area (Å²) in [6, 6.07) is 18.1. The van der Waals surface area contributed by atoms with Gasteiger partial charge < -0.3 is 38.3 Å². The van der Waals surface area contributed by atoms with Crippen molar-refractivity contribution in [2.24, 2.45) is 0 Å². The van der Waals surface area contributed by atoms with Gasteiger partial charge in [-0.25, -0.2) is 4.79 Å². The van der Waals surface area contributed by atoms with Crippen LogP contribution in [0, 0.1) is 0 Å². The van der Waals surface area contributed by atoms with E-state index in [1.807, 2.05) is 0 Å². The first kappa shape index (κ1) is 50.8. The quantitative estimate of drug-likeness (QED) is 0.178. The maximum absolute atomic E-state index is 12.0. The molecule has 66 heavy (non-hydrogen) atoms. The maximum Gasteiger partial charge on any atom is 0.341 e. The molecule has 0 fully saturated rings. The molecule has 9 nitrogen and oxygen atoms in total. The second kappa shape index (κ2) is 21.2. The highest BCUT2D eigenvalue weighted by atomic mass is 16.6. The van der Waals surface area contributed by atoms with Crippen LogP contribution in [0.15, 0.2) is 48.5 Å². The SMILES string of the molecule is CCCOc1c2cc(C(C)(C)C)cc1Cc1cc(OCC(=O)O)cc(c1C(C)(C)C)Cc1cc(C(C)(C)C)cc3c1OCCOCCOCCOCCOc1c(cc(C(C)(C)C)cc1C3)C2. The van der Waals surface area contributed by atoms with Gasteiger partial charge in [0.15, 0.2) is 6.61 Å². The van der Waals surface area contributed by atoms with Crippen LogP contribution in [-0.2, 0) is 66.3 Å². The average molecular weight is 907 g/mol. The minimum absolute atomic E-state index is 0.165. The monoisotopic (exact) mass is 907 g/mol. The summed E-state index contributed by atoms with van der Waals surface area (Å²) in [5.74, 6) is 2.06. The Hall–Kier alpha value is -4.57. The van der Waals surface area contributed by atoms with Gasteiger partial charge in [-0.15, -0.1) is 0 Å². The Kier molecular flexibility index (Phi) is 16.3. The van der Waals surface area contributed by atoms with E-state index in [0.717, 1.165) is 68.2 Å². The van der Waals surface area contributed by atoms with Gasteiger partial charge in [-0.1, -0.05) is 126 Å². The van der Waals surface area contributed by atoms with Gasteiger partial charge in [0.2, 0.25) is 0 Å². The third kappa shape index (κ3) is 13.1. The third-order valence-corrected chi connectivity index (χ3v) is 12.4. The largest absolute Gasteiger partial charge is 0.493 e. The number of hydrogen-bond acceptors (Lipinski definition) is 8. The van der Waals surface area contributed by atoms with Gasteiger partial charge in [0.1, 0.15) is 36.2 Å². The van der Waals surface area contributed by atoms with Crippen molar-refractivity contribution < 1.29 is 43.1 Å². The van der Waals surface area contributed by atoms with E-state index in [0.29, 0.717) is 90.9 Å². The van der Waals surface area contributed by atoms with Crippen LogP contribution in [0.5, 0.6) is 23.0 Å². The van der Waals surface area contributed by atoms with Crippen LogP contribution < -0.4 is 18.9 Å². The lowest BCUT2D eigenvalue weighted by atomic mass is 9.76. The average Bonchev–Trinajstić information content (AvgIpc) is 3.20. The van der Waals surface area contributed by atoms with Crippen molar-refractivity contribution in [2.75, 3.05) is 66.1 Å². The minimum Gasteiger partial charge on any atom is -0.493 e. The van der Waals surface area contributed by atoms with Gasteiger partial charge in [-0.05, 0) is 107 Å². The topological polar surface area (TPSA) is 102 Å². The van der Waals surface area contributed by atoms with Crippen LogP contribution in [0.1, 0.15) is 163 Å². The van der Waals surface area contributed by atoms with Crippen molar-refractivity contribution in [1.82, 2.24) is 0 Å². The molecule has 9 heteroatoms. The standard InChI is InChI=1S/C57H78O9/c1-14-15-63-51-39-24-37-34-48(66-36-49(58)59)35-38(50(37)57(11,12)13)25-40-29-46(55(5,6)7)31-42-27-44-33-47(56(8,9)10)32-43(26-41(51)30-45(28-39)54(2,3)4)53(44)65-23-21-62-19-17-60-16-18-61-20-22-64-52(40)42/h28-35H,14-27,36H2,1-13H3,(H,58,59). The number of carboxylic acid groups (broad SMARTS) is 1. The van der Waals surface area contributed by atoms with E-state index in [4.69, 9.17) is 33.2 Å². The van der Waals surface area contributed by atoms with Gasteiger partial charge in [0.25, 0.3) is 0 Å². The molecule has 0 spiro atoms. The summed E-state index contributed by atoms with van der Waals surface area (Å²) in [4.78, 5) is 12.0. The smallest absolute Gasteiger partial charge is 0.341 e. The summed E-state index contributed by atoms with van der Waals surface area (Å²) in [6.45, 7) is 32.8. The van der Waals surface area contributed by atoms with Crippen molar-refractivity contribution in [3.05, 3.63) is 115 Å². The Morgan fingerprint density at radius 2 is 0.833 bits per heavy atom. The number of carboxylic acids is 1. The van der Waals surface area contributed by atoms with Crippen molar-refractivity contribution in [3.8, 4) is 23.0 Å². The van der Waals surface area contributed by atoms with Crippen molar-refractivity contribution in [2.45, 2.75) is 144 Å². The lowest BCUT2D eigenvalue weighted by Crippen LogP contribution is -2.21. The fourth-order valence-electron chi connectivity index (χ4n) is 9.08. The fourth-order valence-corrected chi connectivity index (χ4v) is 9.08. The van der Waals surface area contributed by atoms with Gasteiger partial charge in [0, 0.05) is 25.7 Å². The van der Waals surface area contributed by atoms with E-state index >= 15 is 0 Å². The number of rotatable bonds is 6. The van der Waals surface area contributed by atoms with E-state index in [9.17, 15) is 9.90 Å². The predicted molar refractivity (Wildman–Crippen MR) is 264 cm³/mol. The Labute approximate surface area is 395 Å². The number of benzene rings is 4. The van der Waals surface area contributed by atoms with Gasteiger partial charge in [0.05, 0.1) is 46.2 Å². The lowest BCUT2D eigenvalue weighted by molar-refractivity contribution is -0.139. The minimum atomic E-state index is -1.02. The molecule has 4 aromatic rings. The Morgan fingerprint density at radius 1 is 0.485 bits per heavy atom. The van der Waals surface area contributed by atoms with Crippen molar-refractivity contribution >= 4 is 5.97 Å². The Bertz CT molecular complexity index is 2310. The molecule has 0 saturated carbocycles. The van der Waals surface area contributed by atoms with E-state index in [-0.39, 0.29) is 21.7 Å². The summed E-state index contributed by atoms with van der Waals surface area (Å²) in [6.07, 6.45) is 3.05. The first-order valence-electron chi connectivity index (χ1n) is 24.1. The first-order valence-corrected chi connectivity index (χ1v) is 24.1. The molecule has 2 aliphatic rings. The van der Waals surface area contributed by atoms with Gasteiger partial charge in [-0.3, -0.25) is 0 Å². The molecule has 0 unspecified atom stereocenters. The Balaban J connectivity index is 1.77. The molecule has 0 amide bonds. The predicted octanol–water partition coefficient (Wildman–Crippen LogP) is 11.6. The van der Waals surface area contributed by atoms with Crippen LogP contribution in [0.25, 0.3) is 0 Å². The van der Waals surface area contributed by atoms with Crippen LogP contribution in [0.2, 0.25) is 0 Å². The maximum atomic E-state index is 12.0. The molecule has 0 radical (unpaired) electrons. The van der Waals surface area contributed by atoms with Gasteiger partial charge >= 0.3 is 5.97 Å². The molecule has 1 heterocycles. The number of hydrogen-bond donors (Lipinski definition) is 1. The molecule has 6 rings (SSSR count). The molecule has 1 aliphatic heterocycles. The molecule has 1 N–H and O–H groups in total. The van der Waals surface area contributed by atoms with Gasteiger partial charge in [-0.2, -0.15) is 0 Å². The molecule has 0 atom stereocenters. The normalized spacial score (nSPS) is 15.9. The van der Waals surface area contributed by atoms with Crippen LogP contribution in [-0.4, -0.2) is 77.1 Å². The summed E-state index contributed by atoms with van der Waals surface area (Å²) >= 11 is 0. The number of aliphatic carboxylic acids is 1. The summed E-state index contributed by atoms with van der Waals surface area (Å²) in [5.41, 5.74) is 12.6. The van der Waals surface area contributed by atoms with E-state index in [1.165, 1.54) is 22.3 Å². The highest BCUT2D eigenvalue weighted by Crippen LogP contribution is 2.44. The molecule has 0 aromatic heterocycles. The summed E-state index contributed by atoms with van der Waals surface area (Å²) in [5, 5.41) is 9.84. The van der Waals surface area contributed by atoms with Crippen molar-refractivity contribution in [3.63, 3.8) is 0 Å². The van der Waals surface area contributed by atoms with E-state index in [2.05, 4.69) is 139 Å². The number of carbonyl (C=O) groups is 1. The number of ether oxygens (including phenoxy) is 7. The molecule has 0 saturated heterocycles. The zero-order chi connectivity index (χ0) is 48.0. The fraction of sp³-hybridized carbons (Fsp3) is 0.561. The zero-order valence-corrected chi connectivity index (χ0v) is 42.4. The molecule has 10 bridgehead atoms. The molecular weight excluding hydrogens is 829 g/mol. The molecular formula is C57H78O9. The lowest BCUT2D eigenvalue weighted by Gasteiger charge is -2.31.